The monoisotopic (exact) mass is 402 g/mol. The average molecular weight is 402 g/mol. The first-order valence-electron chi connectivity index (χ1n) is 8.62. The van der Waals surface area contributed by atoms with E-state index < -0.39 is 10.0 Å². The molecular weight excluding hydrogens is 380 g/mol. The maximum absolute atomic E-state index is 12.4. The maximum atomic E-state index is 12.4. The summed E-state index contributed by atoms with van der Waals surface area (Å²) in [5.74, 6) is 1.85. The molecule has 2 heterocycles. The van der Waals surface area contributed by atoms with Crippen LogP contribution in [0.1, 0.15) is 11.3 Å². The highest BCUT2D eigenvalue weighted by molar-refractivity contribution is 7.89. The largest absolute Gasteiger partial charge is 0.496 e. The van der Waals surface area contributed by atoms with Crippen LogP contribution < -0.4 is 14.8 Å². The topological polar surface area (TPSA) is 111 Å². The summed E-state index contributed by atoms with van der Waals surface area (Å²) in [6.45, 7) is 4.26. The van der Waals surface area contributed by atoms with Crippen LogP contribution in [0.25, 0.3) is 5.82 Å². The Kier molecular flexibility index (Phi) is 5.90. The molecule has 28 heavy (non-hydrogen) atoms. The van der Waals surface area contributed by atoms with Crippen molar-refractivity contribution in [2.24, 2.45) is 0 Å². The molecule has 0 unspecified atom stereocenters. The van der Waals surface area contributed by atoms with E-state index in [4.69, 9.17) is 4.74 Å². The molecule has 0 amide bonds. The lowest BCUT2D eigenvalue weighted by molar-refractivity contribution is 0.411. The third kappa shape index (κ3) is 4.65. The molecule has 2 N–H and O–H groups in total. The number of nitrogens with zero attached hydrogens (tertiary/aromatic N) is 4. The molecule has 10 heteroatoms. The minimum absolute atomic E-state index is 0.198. The van der Waals surface area contributed by atoms with Crippen LogP contribution >= 0.6 is 0 Å². The van der Waals surface area contributed by atoms with E-state index in [-0.39, 0.29) is 11.4 Å². The summed E-state index contributed by atoms with van der Waals surface area (Å²) < 4.78 is 34.2. The van der Waals surface area contributed by atoms with E-state index in [9.17, 15) is 8.42 Å². The van der Waals surface area contributed by atoms with Crippen LogP contribution in [-0.2, 0) is 10.0 Å². The van der Waals surface area contributed by atoms with Gasteiger partial charge in [-0.25, -0.2) is 27.8 Å². The van der Waals surface area contributed by atoms with E-state index in [1.54, 1.807) is 36.9 Å². The van der Waals surface area contributed by atoms with Crippen LogP contribution in [0.4, 0.5) is 5.82 Å². The Balaban J connectivity index is 1.57. The molecule has 0 spiro atoms. The van der Waals surface area contributed by atoms with Gasteiger partial charge in [-0.2, -0.15) is 5.10 Å². The van der Waals surface area contributed by atoms with Crippen LogP contribution in [0, 0.1) is 13.8 Å². The van der Waals surface area contributed by atoms with Crippen molar-refractivity contribution in [3.63, 3.8) is 0 Å². The van der Waals surface area contributed by atoms with Crippen LogP contribution in [-0.4, -0.2) is 48.4 Å². The van der Waals surface area contributed by atoms with Gasteiger partial charge in [0.25, 0.3) is 0 Å². The van der Waals surface area contributed by atoms with Gasteiger partial charge in [-0.3, -0.25) is 0 Å². The summed E-state index contributed by atoms with van der Waals surface area (Å²) in [5, 5.41) is 7.38. The molecule has 0 aliphatic rings. The predicted octanol–water partition coefficient (Wildman–Crippen LogP) is 1.68. The highest BCUT2D eigenvalue weighted by Gasteiger charge is 2.14. The molecule has 1 aromatic carbocycles. The number of hydrogen-bond donors (Lipinski definition) is 2. The van der Waals surface area contributed by atoms with Crippen LogP contribution in [0.3, 0.4) is 0 Å². The molecule has 0 saturated heterocycles. The standard InChI is InChI=1S/C18H22N6O3S/c1-13-10-15(4-5-16(13)27-3)28(25,26)22-8-7-19-17-11-18(21-12-20-17)24-9-6-14(2)23-24/h4-6,9-12,22H,7-8H2,1-3H3,(H,19,20,21). The molecule has 3 rings (SSSR count). The lowest BCUT2D eigenvalue weighted by Gasteiger charge is -2.11. The fraction of sp³-hybridized carbons (Fsp3) is 0.278. The number of methoxy groups -OCH3 is 1. The zero-order valence-electron chi connectivity index (χ0n) is 15.9. The number of hydrogen-bond acceptors (Lipinski definition) is 7. The molecule has 0 saturated carbocycles. The molecule has 9 nitrogen and oxygen atoms in total. The molecule has 0 aliphatic carbocycles. The minimum atomic E-state index is -3.60. The van der Waals surface area contributed by atoms with Gasteiger partial charge in [0.1, 0.15) is 17.9 Å². The summed E-state index contributed by atoms with van der Waals surface area (Å²) in [7, 11) is -2.05. The number of sulfonamides is 1. The molecule has 2 aromatic heterocycles. The van der Waals surface area contributed by atoms with E-state index in [2.05, 4.69) is 25.1 Å². The van der Waals surface area contributed by atoms with Gasteiger partial charge in [0.2, 0.25) is 10.0 Å². The molecule has 0 radical (unpaired) electrons. The number of aryl methyl sites for hydroxylation is 2. The zero-order valence-corrected chi connectivity index (χ0v) is 16.7. The Morgan fingerprint density at radius 3 is 2.61 bits per heavy atom. The Bertz CT molecular complexity index is 1060. The predicted molar refractivity (Wildman–Crippen MR) is 105 cm³/mol. The van der Waals surface area contributed by atoms with E-state index in [0.717, 1.165) is 11.3 Å². The second kappa shape index (κ2) is 8.36. The molecule has 0 aliphatic heterocycles. The first-order valence-corrected chi connectivity index (χ1v) is 10.1. The molecule has 3 aromatic rings. The van der Waals surface area contributed by atoms with Crippen molar-refractivity contribution >= 4 is 15.8 Å². The first kappa shape index (κ1) is 19.8. The van der Waals surface area contributed by atoms with E-state index >= 15 is 0 Å². The quantitative estimate of drug-likeness (QED) is 0.552. The fourth-order valence-electron chi connectivity index (χ4n) is 2.59. The third-order valence-corrected chi connectivity index (χ3v) is 5.47. The molecule has 0 bridgehead atoms. The number of ether oxygens (including phenoxy) is 1. The van der Waals surface area contributed by atoms with Gasteiger partial charge in [-0.05, 0) is 43.7 Å². The SMILES string of the molecule is COc1ccc(S(=O)(=O)NCCNc2cc(-n3ccc(C)n3)ncn2)cc1C. The van der Waals surface area contributed by atoms with Gasteiger partial charge in [0.15, 0.2) is 5.82 Å². The second-order valence-corrected chi connectivity index (χ2v) is 7.89. The Morgan fingerprint density at radius 1 is 1.11 bits per heavy atom. The summed E-state index contributed by atoms with van der Waals surface area (Å²) in [5.41, 5.74) is 1.64. The van der Waals surface area contributed by atoms with Crippen LogP contribution in [0.2, 0.25) is 0 Å². The van der Waals surface area contributed by atoms with Gasteiger partial charge in [-0.1, -0.05) is 0 Å². The van der Waals surface area contributed by atoms with Gasteiger partial charge < -0.3 is 10.1 Å². The van der Waals surface area contributed by atoms with Crippen molar-refractivity contribution in [2.45, 2.75) is 18.7 Å². The van der Waals surface area contributed by atoms with Gasteiger partial charge in [-0.15, -0.1) is 0 Å². The van der Waals surface area contributed by atoms with Crippen molar-refractivity contribution in [1.29, 1.82) is 0 Å². The smallest absolute Gasteiger partial charge is 0.240 e. The maximum Gasteiger partial charge on any atom is 0.240 e. The minimum Gasteiger partial charge on any atom is -0.496 e. The molecular formula is C18H22N6O3S. The van der Waals surface area contributed by atoms with Crippen molar-refractivity contribution in [2.75, 3.05) is 25.5 Å². The summed E-state index contributed by atoms with van der Waals surface area (Å²) >= 11 is 0. The molecule has 0 fully saturated rings. The molecule has 0 atom stereocenters. The summed E-state index contributed by atoms with van der Waals surface area (Å²) in [6.07, 6.45) is 3.24. The van der Waals surface area contributed by atoms with E-state index in [0.29, 0.717) is 23.9 Å². The van der Waals surface area contributed by atoms with Gasteiger partial charge in [0.05, 0.1) is 17.7 Å². The Hall–Kier alpha value is -2.98. The van der Waals surface area contributed by atoms with Gasteiger partial charge >= 0.3 is 0 Å². The lowest BCUT2D eigenvalue weighted by Crippen LogP contribution is -2.29. The lowest BCUT2D eigenvalue weighted by atomic mass is 10.2. The number of nitrogens with one attached hydrogen (secondary N) is 2. The Labute approximate surface area is 163 Å². The highest BCUT2D eigenvalue weighted by Crippen LogP contribution is 2.21. The summed E-state index contributed by atoms with van der Waals surface area (Å²) in [6, 6.07) is 8.36. The average Bonchev–Trinajstić information content (AvgIpc) is 3.12. The van der Waals surface area contributed by atoms with Crippen molar-refractivity contribution in [3.8, 4) is 11.6 Å². The third-order valence-electron chi connectivity index (χ3n) is 4.01. The van der Waals surface area contributed by atoms with Crippen molar-refractivity contribution < 1.29 is 13.2 Å². The van der Waals surface area contributed by atoms with E-state index in [1.807, 2.05) is 19.2 Å². The number of rotatable bonds is 8. The number of aromatic nitrogens is 4. The summed E-state index contributed by atoms with van der Waals surface area (Å²) in [4.78, 5) is 8.52. The van der Waals surface area contributed by atoms with Crippen LogP contribution in [0.15, 0.2) is 47.8 Å². The number of benzene rings is 1. The second-order valence-electron chi connectivity index (χ2n) is 6.12. The first-order chi connectivity index (χ1) is 13.4. The van der Waals surface area contributed by atoms with Crippen molar-refractivity contribution in [3.05, 3.63) is 54.1 Å². The molecule has 148 valence electrons. The van der Waals surface area contributed by atoms with E-state index in [1.165, 1.54) is 12.4 Å². The van der Waals surface area contributed by atoms with Crippen LogP contribution in [0.5, 0.6) is 5.75 Å². The highest BCUT2D eigenvalue weighted by atomic mass is 32.2. The van der Waals surface area contributed by atoms with Crippen molar-refractivity contribution in [1.82, 2.24) is 24.5 Å². The Morgan fingerprint density at radius 2 is 1.93 bits per heavy atom. The van der Waals surface area contributed by atoms with Gasteiger partial charge in [0, 0.05) is 25.4 Å². The normalized spacial score (nSPS) is 11.4. The number of anilines is 1. The zero-order chi connectivity index (χ0) is 20.1. The fourth-order valence-corrected chi connectivity index (χ4v) is 3.71.